The first-order chi connectivity index (χ1) is 29.1. The molecule has 0 fully saturated rings. The smallest absolute Gasteiger partial charge is 0.287 e. The highest BCUT2D eigenvalue weighted by atomic mass is 16.4. The van der Waals surface area contributed by atoms with Crippen LogP contribution in [0.2, 0.25) is 0 Å². The molecule has 0 saturated heterocycles. The number of benzene rings is 6. The zero-order valence-electron chi connectivity index (χ0n) is 32.5. The van der Waals surface area contributed by atoms with Gasteiger partial charge < -0.3 is 13.7 Å². The number of hydrogen-bond acceptors (Lipinski definition) is 7. The summed E-state index contributed by atoms with van der Waals surface area (Å²) in [5, 5.41) is 10.6. The van der Waals surface area contributed by atoms with Crippen LogP contribution < -0.4 is 14.4 Å². The zero-order valence-corrected chi connectivity index (χ0v) is 32.5. The van der Waals surface area contributed by atoms with Crippen LogP contribution in [0, 0.1) is 11.3 Å². The first-order valence-corrected chi connectivity index (χ1v) is 19.7. The molecule has 1 aliphatic rings. The monoisotopic (exact) mass is 768 g/mol. The number of nitriles is 1. The second-order valence-corrected chi connectivity index (χ2v) is 14.2. The molecule has 9 aromatic rings. The van der Waals surface area contributed by atoms with Gasteiger partial charge in [0.2, 0.25) is 11.8 Å². The molecule has 1 aliphatic heterocycles. The van der Waals surface area contributed by atoms with E-state index < -0.39 is 0 Å². The minimum atomic E-state index is 0.504. The molecule has 59 heavy (non-hydrogen) atoms. The Kier molecular flexibility index (Phi) is 8.92. The predicted octanol–water partition coefficient (Wildman–Crippen LogP) is 11.5. The Morgan fingerprint density at radius 2 is 1.31 bits per heavy atom. The van der Waals surface area contributed by atoms with E-state index in [4.69, 9.17) is 18.8 Å². The van der Waals surface area contributed by atoms with Crippen LogP contribution in [0.1, 0.15) is 19.7 Å². The van der Waals surface area contributed by atoms with Gasteiger partial charge in [-0.2, -0.15) is 9.83 Å². The molecule has 0 bridgehead atoms. The summed E-state index contributed by atoms with van der Waals surface area (Å²) in [6.45, 7) is 5.66. The summed E-state index contributed by atoms with van der Waals surface area (Å²) in [6.07, 6.45) is 7.86. The molecule has 0 amide bonds. The van der Waals surface area contributed by atoms with Gasteiger partial charge in [-0.1, -0.05) is 60.7 Å². The molecule has 0 atom stereocenters. The lowest BCUT2D eigenvalue weighted by Crippen LogP contribution is -2.35. The van der Waals surface area contributed by atoms with Crippen LogP contribution in [0.25, 0.3) is 67.9 Å². The van der Waals surface area contributed by atoms with Crippen LogP contribution >= 0.6 is 0 Å². The van der Waals surface area contributed by atoms with Gasteiger partial charge in [0.1, 0.15) is 22.5 Å². The highest BCUT2D eigenvalue weighted by molar-refractivity contribution is 5.91. The van der Waals surface area contributed by atoms with Gasteiger partial charge in [0, 0.05) is 35.5 Å². The summed E-state index contributed by atoms with van der Waals surface area (Å²) in [7, 11) is 0. The van der Waals surface area contributed by atoms with Crippen LogP contribution in [0.5, 0.6) is 0 Å². The normalized spacial score (nSPS) is 13.7. The van der Waals surface area contributed by atoms with Crippen molar-refractivity contribution in [2.75, 3.05) is 16.3 Å². The van der Waals surface area contributed by atoms with E-state index in [1.54, 1.807) is 0 Å². The van der Waals surface area contributed by atoms with E-state index in [0.717, 1.165) is 78.8 Å². The maximum atomic E-state index is 10.6. The van der Waals surface area contributed by atoms with E-state index >= 15 is 0 Å². The van der Waals surface area contributed by atoms with E-state index in [9.17, 15) is 5.26 Å². The fraction of sp³-hybridized carbons (Fsp3) is 0.0800. The molecule has 0 N–H and O–H groups in total. The molecule has 4 heterocycles. The maximum absolute atomic E-state index is 10.6. The quantitative estimate of drug-likeness (QED) is 0.0820. The first-order valence-electron chi connectivity index (χ1n) is 19.7. The summed E-state index contributed by atoms with van der Waals surface area (Å²) in [5.41, 5.74) is 11.6. The minimum absolute atomic E-state index is 0.504. The number of aromatic nitrogens is 4. The van der Waals surface area contributed by atoms with Gasteiger partial charge in [0.25, 0.3) is 5.82 Å². The zero-order chi connectivity index (χ0) is 39.9. The Morgan fingerprint density at radius 1 is 0.695 bits per heavy atom. The predicted molar refractivity (Wildman–Crippen MR) is 234 cm³/mol. The van der Waals surface area contributed by atoms with Crippen molar-refractivity contribution in [3.63, 3.8) is 0 Å². The fourth-order valence-corrected chi connectivity index (χ4v) is 8.00. The summed E-state index contributed by atoms with van der Waals surface area (Å²) in [5.74, 6) is 3.01. The average Bonchev–Trinajstić information content (AvgIpc) is 4.07. The van der Waals surface area contributed by atoms with Crippen LogP contribution in [0.15, 0.2) is 184 Å². The lowest BCUT2D eigenvalue weighted by molar-refractivity contribution is -0.670. The van der Waals surface area contributed by atoms with Crippen molar-refractivity contribution in [1.82, 2.24) is 14.5 Å². The Bertz CT molecular complexity index is 3100. The van der Waals surface area contributed by atoms with Crippen molar-refractivity contribution in [3.8, 4) is 34.7 Å². The fourth-order valence-electron chi connectivity index (χ4n) is 8.00. The molecular formula is C50H38N7O2+. The molecule has 0 unspecified atom stereocenters. The van der Waals surface area contributed by atoms with E-state index in [0.29, 0.717) is 30.4 Å². The first kappa shape index (κ1) is 35.5. The SMILES string of the molecule is CCN1/C(=C/C=C(C#N)/C=C/c2n(-c3ccccc3)c3ccc(-c4nc5ccccc5o4)cc3[n+]2CC)N(c2ccccc2)c2ccc(-c3nc4ccccc4o3)cc21. The maximum Gasteiger partial charge on any atom is 0.287 e. The Balaban J connectivity index is 1.06. The van der Waals surface area contributed by atoms with Gasteiger partial charge in [-0.15, -0.1) is 0 Å². The molecule has 10 rings (SSSR count). The number of rotatable bonds is 9. The number of aryl methyl sites for hydroxylation is 1. The second-order valence-electron chi connectivity index (χ2n) is 14.2. The van der Waals surface area contributed by atoms with Crippen LogP contribution in [0.4, 0.5) is 17.1 Å². The molecule has 3 aromatic heterocycles. The molecule has 9 heteroatoms. The molecule has 6 aromatic carbocycles. The molecule has 0 radical (unpaired) electrons. The van der Waals surface area contributed by atoms with Gasteiger partial charge in [-0.05, 0) is 111 Å². The number of nitrogens with zero attached hydrogens (tertiary/aromatic N) is 7. The van der Waals surface area contributed by atoms with Gasteiger partial charge in [-0.3, -0.25) is 4.90 Å². The van der Waals surface area contributed by atoms with Crippen molar-refractivity contribution < 1.29 is 13.4 Å². The Labute approximate surface area is 340 Å². The largest absolute Gasteiger partial charge is 0.436 e. The molecule has 0 aliphatic carbocycles. The molecule has 9 nitrogen and oxygen atoms in total. The lowest BCUT2D eigenvalue weighted by atomic mass is 10.1. The highest BCUT2D eigenvalue weighted by Gasteiger charge is 2.32. The lowest BCUT2D eigenvalue weighted by Gasteiger charge is -2.24. The molecular weight excluding hydrogens is 731 g/mol. The number of allylic oxidation sites excluding steroid dienone is 4. The third kappa shape index (κ3) is 6.24. The van der Waals surface area contributed by atoms with Crippen molar-refractivity contribution in [2.45, 2.75) is 20.4 Å². The number of fused-ring (bicyclic) bond motifs is 4. The minimum Gasteiger partial charge on any atom is -0.436 e. The van der Waals surface area contributed by atoms with Gasteiger partial charge in [0.15, 0.2) is 22.2 Å². The Morgan fingerprint density at radius 3 is 1.93 bits per heavy atom. The summed E-state index contributed by atoms with van der Waals surface area (Å²) in [4.78, 5) is 14.0. The highest BCUT2D eigenvalue weighted by Crippen LogP contribution is 2.47. The van der Waals surface area contributed by atoms with E-state index in [1.165, 1.54) is 0 Å². The average molecular weight is 769 g/mol. The molecule has 0 saturated carbocycles. The number of oxazole rings is 2. The third-order valence-electron chi connectivity index (χ3n) is 10.7. The van der Waals surface area contributed by atoms with Crippen molar-refractivity contribution >= 4 is 56.4 Å². The third-order valence-corrected chi connectivity index (χ3v) is 10.7. The Hall–Kier alpha value is -7.96. The standard InChI is InChI=1S/C50H38N7O2/c1-3-54-43-31-35(49-52-39-19-11-13-21-45(39)58-49)25-27-41(43)56(37-15-7-5-8-16-37)47(54)29-23-34(33-51)24-30-48-55(4-2)44-32-36(50-53-40-20-12-14-22-46(40)59-50)26-28-42(44)57(48)38-17-9-6-10-18-38/h5-32H,3-4H2,1-2H3/q+1. The summed E-state index contributed by atoms with van der Waals surface area (Å²) < 4.78 is 16.8. The van der Waals surface area contributed by atoms with Crippen molar-refractivity contribution in [1.29, 1.82) is 5.26 Å². The summed E-state index contributed by atoms with van der Waals surface area (Å²) in [6, 6.07) is 51.3. The topological polar surface area (TPSA) is 91.1 Å². The van der Waals surface area contributed by atoms with Crippen molar-refractivity contribution in [2.24, 2.45) is 0 Å². The second kappa shape index (κ2) is 14.8. The number of anilines is 3. The number of imidazole rings is 1. The molecule has 0 spiro atoms. The van der Waals surface area contributed by atoms with Crippen LogP contribution in [-0.2, 0) is 6.54 Å². The molecule has 284 valence electrons. The van der Waals surface area contributed by atoms with Crippen LogP contribution in [0.3, 0.4) is 0 Å². The van der Waals surface area contributed by atoms with Gasteiger partial charge >= 0.3 is 0 Å². The summed E-state index contributed by atoms with van der Waals surface area (Å²) >= 11 is 0. The number of hydrogen-bond donors (Lipinski definition) is 0. The van der Waals surface area contributed by atoms with Gasteiger partial charge in [-0.25, -0.2) is 14.5 Å². The number of para-hydroxylation sites is 6. The van der Waals surface area contributed by atoms with E-state index in [-0.39, 0.29) is 0 Å². The van der Waals surface area contributed by atoms with E-state index in [1.807, 2.05) is 109 Å². The van der Waals surface area contributed by atoms with E-state index in [2.05, 4.69) is 99.5 Å². The van der Waals surface area contributed by atoms with Gasteiger partial charge in [0.05, 0.1) is 29.6 Å². The van der Waals surface area contributed by atoms with Crippen LogP contribution in [-0.4, -0.2) is 21.1 Å². The van der Waals surface area contributed by atoms with Crippen molar-refractivity contribution in [3.05, 3.63) is 181 Å².